The van der Waals surface area contributed by atoms with Crippen LogP contribution in [0.5, 0.6) is 0 Å². The number of aryl methyl sites for hydroxylation is 1. The summed E-state index contributed by atoms with van der Waals surface area (Å²) in [5, 5.41) is 0. The van der Waals surface area contributed by atoms with Crippen LogP contribution in [0.2, 0.25) is 0 Å². The number of nitrogens with zero attached hydrogens (tertiary/aromatic N) is 1. The molecule has 2 nitrogen and oxygen atoms in total. The van der Waals surface area contributed by atoms with Crippen molar-refractivity contribution < 1.29 is 4.79 Å². The summed E-state index contributed by atoms with van der Waals surface area (Å²) in [5.74, 6) is 0.454. The van der Waals surface area contributed by atoms with Gasteiger partial charge >= 0.3 is 0 Å². The van der Waals surface area contributed by atoms with Crippen LogP contribution in [-0.2, 0) is 4.79 Å². The SMILES string of the molecule is C=CC1CC(=O)N(c2ccc(C)cc2Br)C1. The summed E-state index contributed by atoms with van der Waals surface area (Å²) in [6.45, 7) is 6.53. The van der Waals surface area contributed by atoms with Crippen LogP contribution in [0.25, 0.3) is 0 Å². The molecule has 0 radical (unpaired) electrons. The summed E-state index contributed by atoms with van der Waals surface area (Å²) in [6, 6.07) is 6.04. The Morgan fingerprint density at radius 2 is 2.31 bits per heavy atom. The average molecular weight is 280 g/mol. The summed E-state index contributed by atoms with van der Waals surface area (Å²) in [4.78, 5) is 13.7. The molecule has 1 aromatic rings. The Hall–Kier alpha value is -1.09. The highest BCUT2D eigenvalue weighted by Gasteiger charge is 2.29. The highest BCUT2D eigenvalue weighted by Crippen LogP contribution is 2.32. The Bertz CT molecular complexity index is 442. The fourth-order valence-electron chi connectivity index (χ4n) is 1.96. The Morgan fingerprint density at radius 1 is 1.56 bits per heavy atom. The summed E-state index contributed by atoms with van der Waals surface area (Å²) < 4.78 is 0.977. The molecule has 0 aromatic heterocycles. The molecule has 1 aliphatic heterocycles. The fourth-order valence-corrected chi connectivity index (χ4v) is 2.66. The van der Waals surface area contributed by atoms with Crippen molar-refractivity contribution in [2.75, 3.05) is 11.4 Å². The zero-order valence-electron chi connectivity index (χ0n) is 9.24. The van der Waals surface area contributed by atoms with Crippen LogP contribution in [0.15, 0.2) is 35.3 Å². The second-order valence-corrected chi connectivity index (χ2v) is 5.01. The maximum Gasteiger partial charge on any atom is 0.227 e. The van der Waals surface area contributed by atoms with Crippen molar-refractivity contribution in [2.24, 2.45) is 5.92 Å². The van der Waals surface area contributed by atoms with Gasteiger partial charge in [0.25, 0.3) is 0 Å². The molecule has 1 aliphatic rings. The van der Waals surface area contributed by atoms with Gasteiger partial charge in [0.15, 0.2) is 0 Å². The normalized spacial score (nSPS) is 20.2. The number of anilines is 1. The predicted molar refractivity (Wildman–Crippen MR) is 69.5 cm³/mol. The largest absolute Gasteiger partial charge is 0.311 e. The molecule has 0 spiro atoms. The molecular weight excluding hydrogens is 266 g/mol. The van der Waals surface area contributed by atoms with Crippen molar-refractivity contribution in [3.8, 4) is 0 Å². The van der Waals surface area contributed by atoms with Crippen LogP contribution in [0, 0.1) is 12.8 Å². The van der Waals surface area contributed by atoms with E-state index in [1.54, 1.807) is 0 Å². The minimum atomic E-state index is 0.175. The number of hydrogen-bond acceptors (Lipinski definition) is 1. The molecule has 1 atom stereocenters. The summed E-state index contributed by atoms with van der Waals surface area (Å²) in [7, 11) is 0. The van der Waals surface area contributed by atoms with Crippen LogP contribution < -0.4 is 4.90 Å². The molecular formula is C13H14BrNO. The standard InChI is InChI=1S/C13H14BrNO/c1-3-10-7-13(16)15(8-10)12-5-4-9(2)6-11(12)14/h3-6,10H,1,7-8H2,2H3. The number of halogens is 1. The first-order valence-electron chi connectivity index (χ1n) is 5.31. The van der Waals surface area contributed by atoms with Crippen molar-refractivity contribution in [3.63, 3.8) is 0 Å². The maximum atomic E-state index is 11.8. The second-order valence-electron chi connectivity index (χ2n) is 4.16. The van der Waals surface area contributed by atoms with E-state index in [-0.39, 0.29) is 11.8 Å². The van der Waals surface area contributed by atoms with Crippen LogP contribution >= 0.6 is 15.9 Å². The zero-order valence-corrected chi connectivity index (χ0v) is 10.8. The minimum absolute atomic E-state index is 0.175. The number of carbonyl (C=O) groups is 1. The maximum absolute atomic E-state index is 11.8. The third kappa shape index (κ3) is 2.05. The van der Waals surface area contributed by atoms with Crippen molar-refractivity contribution in [3.05, 3.63) is 40.9 Å². The van der Waals surface area contributed by atoms with E-state index in [4.69, 9.17) is 0 Å². The Kier molecular flexibility index (Phi) is 3.15. The van der Waals surface area contributed by atoms with E-state index in [2.05, 4.69) is 22.5 Å². The lowest BCUT2D eigenvalue weighted by Gasteiger charge is -2.18. The molecule has 1 aromatic carbocycles. The molecule has 1 saturated heterocycles. The van der Waals surface area contributed by atoms with Gasteiger partial charge in [-0.05, 0) is 40.5 Å². The molecule has 0 aliphatic carbocycles. The lowest BCUT2D eigenvalue weighted by atomic mass is 10.1. The number of rotatable bonds is 2. The summed E-state index contributed by atoms with van der Waals surface area (Å²) in [6.07, 6.45) is 2.43. The van der Waals surface area contributed by atoms with E-state index in [0.29, 0.717) is 6.42 Å². The van der Waals surface area contributed by atoms with E-state index in [1.165, 1.54) is 5.56 Å². The van der Waals surface area contributed by atoms with Gasteiger partial charge in [0.2, 0.25) is 5.91 Å². The van der Waals surface area contributed by atoms with Crippen molar-refractivity contribution in [1.29, 1.82) is 0 Å². The Labute approximate surface area is 104 Å². The third-order valence-electron chi connectivity index (χ3n) is 2.88. The first-order valence-corrected chi connectivity index (χ1v) is 6.10. The fraction of sp³-hybridized carbons (Fsp3) is 0.308. The van der Waals surface area contributed by atoms with Crippen LogP contribution in [0.3, 0.4) is 0 Å². The van der Waals surface area contributed by atoms with E-state index in [1.807, 2.05) is 36.1 Å². The predicted octanol–water partition coefficient (Wildman–Crippen LogP) is 3.30. The highest BCUT2D eigenvalue weighted by atomic mass is 79.9. The van der Waals surface area contributed by atoms with E-state index < -0.39 is 0 Å². The summed E-state index contributed by atoms with van der Waals surface area (Å²) >= 11 is 3.51. The zero-order chi connectivity index (χ0) is 11.7. The molecule has 0 bridgehead atoms. The molecule has 1 amide bonds. The lowest BCUT2D eigenvalue weighted by Crippen LogP contribution is -2.24. The number of hydrogen-bond donors (Lipinski definition) is 0. The number of benzene rings is 1. The van der Waals surface area contributed by atoms with Gasteiger partial charge in [-0.1, -0.05) is 12.1 Å². The van der Waals surface area contributed by atoms with Gasteiger partial charge in [0.1, 0.15) is 0 Å². The van der Waals surface area contributed by atoms with E-state index in [9.17, 15) is 4.79 Å². The average Bonchev–Trinajstić information content (AvgIpc) is 2.60. The smallest absolute Gasteiger partial charge is 0.227 e. The number of amides is 1. The molecule has 84 valence electrons. The topological polar surface area (TPSA) is 20.3 Å². The Balaban J connectivity index is 2.31. The molecule has 0 saturated carbocycles. The van der Waals surface area contributed by atoms with Gasteiger partial charge in [0.05, 0.1) is 5.69 Å². The number of carbonyl (C=O) groups excluding carboxylic acids is 1. The van der Waals surface area contributed by atoms with E-state index in [0.717, 1.165) is 16.7 Å². The van der Waals surface area contributed by atoms with Gasteiger partial charge in [-0.3, -0.25) is 4.79 Å². The van der Waals surface area contributed by atoms with Gasteiger partial charge in [0, 0.05) is 23.4 Å². The molecule has 1 heterocycles. The van der Waals surface area contributed by atoms with Crippen LogP contribution in [-0.4, -0.2) is 12.5 Å². The molecule has 1 fully saturated rings. The summed E-state index contributed by atoms with van der Waals surface area (Å²) in [5.41, 5.74) is 2.14. The van der Waals surface area contributed by atoms with Gasteiger partial charge in [-0.2, -0.15) is 0 Å². The van der Waals surface area contributed by atoms with Crippen LogP contribution in [0.4, 0.5) is 5.69 Å². The first kappa shape index (κ1) is 11.4. The third-order valence-corrected chi connectivity index (χ3v) is 3.52. The monoisotopic (exact) mass is 279 g/mol. The Morgan fingerprint density at radius 3 is 2.88 bits per heavy atom. The van der Waals surface area contributed by atoms with Crippen LogP contribution in [0.1, 0.15) is 12.0 Å². The van der Waals surface area contributed by atoms with Crippen molar-refractivity contribution in [2.45, 2.75) is 13.3 Å². The highest BCUT2D eigenvalue weighted by molar-refractivity contribution is 9.10. The van der Waals surface area contributed by atoms with Gasteiger partial charge in [-0.25, -0.2) is 0 Å². The molecule has 16 heavy (non-hydrogen) atoms. The van der Waals surface area contributed by atoms with Crippen molar-refractivity contribution in [1.82, 2.24) is 0 Å². The van der Waals surface area contributed by atoms with Crippen molar-refractivity contribution >= 4 is 27.5 Å². The lowest BCUT2D eigenvalue weighted by molar-refractivity contribution is -0.117. The first-order chi connectivity index (χ1) is 7.61. The molecule has 1 unspecified atom stereocenters. The van der Waals surface area contributed by atoms with Gasteiger partial charge < -0.3 is 4.90 Å². The molecule has 2 rings (SSSR count). The molecule has 0 N–H and O–H groups in total. The quantitative estimate of drug-likeness (QED) is 0.761. The van der Waals surface area contributed by atoms with Gasteiger partial charge in [-0.15, -0.1) is 6.58 Å². The second kappa shape index (κ2) is 4.42. The minimum Gasteiger partial charge on any atom is -0.311 e. The van der Waals surface area contributed by atoms with E-state index >= 15 is 0 Å². The molecule has 3 heteroatoms.